The highest BCUT2D eigenvalue weighted by molar-refractivity contribution is 6.00. The minimum absolute atomic E-state index is 0.160. The van der Waals surface area contributed by atoms with Crippen LogP contribution in [-0.2, 0) is 4.79 Å². The average Bonchev–Trinajstić information content (AvgIpc) is 3.06. The zero-order chi connectivity index (χ0) is 16.8. The molecule has 0 radical (unpaired) electrons. The van der Waals surface area contributed by atoms with Gasteiger partial charge in [0.1, 0.15) is 17.5 Å². The number of rotatable bonds is 6. The van der Waals surface area contributed by atoms with E-state index in [9.17, 15) is 9.59 Å². The van der Waals surface area contributed by atoms with Crippen molar-refractivity contribution in [2.24, 2.45) is 0 Å². The first-order valence-corrected chi connectivity index (χ1v) is 7.88. The molecule has 126 valence electrons. The molecule has 1 atom stereocenters. The predicted molar refractivity (Wildman–Crippen MR) is 86.9 cm³/mol. The Kier molecular flexibility index (Phi) is 5.84. The average molecular weight is 320 g/mol. The fourth-order valence-electron chi connectivity index (χ4n) is 2.73. The van der Waals surface area contributed by atoms with Gasteiger partial charge in [-0.3, -0.25) is 9.59 Å². The summed E-state index contributed by atoms with van der Waals surface area (Å²) in [5.41, 5.74) is 0.340. The molecule has 0 aliphatic heterocycles. The van der Waals surface area contributed by atoms with E-state index in [-0.39, 0.29) is 17.9 Å². The standard InChI is InChI=1S/C17H24N2O4/c1-11(16(20)19-12-6-4-5-7-12)18-17(21)14-10-13(22-2)8-9-15(14)23-3/h8-12H,4-7H2,1-3H3,(H,18,21)(H,19,20)/t11-/m0/s1. The monoisotopic (exact) mass is 320 g/mol. The molecule has 2 N–H and O–H groups in total. The Hall–Kier alpha value is -2.24. The largest absolute Gasteiger partial charge is 0.497 e. The molecule has 0 bridgehead atoms. The van der Waals surface area contributed by atoms with Gasteiger partial charge in [-0.1, -0.05) is 12.8 Å². The lowest BCUT2D eigenvalue weighted by molar-refractivity contribution is -0.123. The van der Waals surface area contributed by atoms with E-state index in [1.165, 1.54) is 14.2 Å². The Morgan fingerprint density at radius 1 is 1.17 bits per heavy atom. The first kappa shape index (κ1) is 17.1. The summed E-state index contributed by atoms with van der Waals surface area (Å²) >= 11 is 0. The maximum Gasteiger partial charge on any atom is 0.255 e. The van der Waals surface area contributed by atoms with Crippen LogP contribution < -0.4 is 20.1 Å². The lowest BCUT2D eigenvalue weighted by Crippen LogP contribution is -2.47. The van der Waals surface area contributed by atoms with E-state index in [4.69, 9.17) is 9.47 Å². The van der Waals surface area contributed by atoms with Crippen LogP contribution in [0.25, 0.3) is 0 Å². The van der Waals surface area contributed by atoms with Gasteiger partial charge in [-0.05, 0) is 38.0 Å². The molecule has 2 amide bonds. The maximum atomic E-state index is 12.4. The third kappa shape index (κ3) is 4.37. The van der Waals surface area contributed by atoms with Gasteiger partial charge in [0.05, 0.1) is 19.8 Å². The van der Waals surface area contributed by atoms with Gasteiger partial charge < -0.3 is 20.1 Å². The Balaban J connectivity index is 2.01. The number of nitrogens with one attached hydrogen (secondary N) is 2. The Morgan fingerprint density at radius 3 is 2.48 bits per heavy atom. The number of ether oxygens (including phenoxy) is 2. The molecule has 0 heterocycles. The van der Waals surface area contributed by atoms with Crippen molar-refractivity contribution >= 4 is 11.8 Å². The molecule has 0 saturated heterocycles. The molecule has 6 heteroatoms. The summed E-state index contributed by atoms with van der Waals surface area (Å²) < 4.78 is 10.3. The fourth-order valence-corrected chi connectivity index (χ4v) is 2.73. The Bertz CT molecular complexity index is 568. The SMILES string of the molecule is COc1ccc(OC)c(C(=O)N[C@@H](C)C(=O)NC2CCCC2)c1. The van der Waals surface area contributed by atoms with Gasteiger partial charge in [-0.25, -0.2) is 0 Å². The summed E-state index contributed by atoms with van der Waals surface area (Å²) in [5, 5.41) is 5.69. The van der Waals surface area contributed by atoms with Crippen molar-refractivity contribution in [2.75, 3.05) is 14.2 Å². The number of amides is 2. The highest BCUT2D eigenvalue weighted by Gasteiger charge is 2.23. The van der Waals surface area contributed by atoms with E-state index in [1.807, 2.05) is 0 Å². The second kappa shape index (κ2) is 7.85. The quantitative estimate of drug-likeness (QED) is 0.839. The lowest BCUT2D eigenvalue weighted by Gasteiger charge is -2.18. The van der Waals surface area contributed by atoms with Crippen LogP contribution in [0.15, 0.2) is 18.2 Å². The third-order valence-electron chi connectivity index (χ3n) is 4.09. The van der Waals surface area contributed by atoms with E-state index in [2.05, 4.69) is 10.6 Å². The molecule has 1 saturated carbocycles. The molecule has 2 rings (SSSR count). The van der Waals surface area contributed by atoms with Gasteiger partial charge in [0.2, 0.25) is 5.91 Å². The van der Waals surface area contributed by atoms with E-state index in [1.54, 1.807) is 25.1 Å². The molecule has 0 spiro atoms. The molecule has 0 unspecified atom stereocenters. The van der Waals surface area contributed by atoms with Gasteiger partial charge in [-0.15, -0.1) is 0 Å². The second-order valence-corrected chi connectivity index (χ2v) is 5.75. The fraction of sp³-hybridized carbons (Fsp3) is 0.529. The van der Waals surface area contributed by atoms with Crippen LogP contribution in [0, 0.1) is 0 Å². The van der Waals surface area contributed by atoms with Crippen molar-refractivity contribution in [3.8, 4) is 11.5 Å². The highest BCUT2D eigenvalue weighted by Crippen LogP contribution is 2.24. The molecule has 6 nitrogen and oxygen atoms in total. The van der Waals surface area contributed by atoms with Crippen LogP contribution in [0.5, 0.6) is 11.5 Å². The van der Waals surface area contributed by atoms with E-state index < -0.39 is 6.04 Å². The van der Waals surface area contributed by atoms with Gasteiger partial charge in [0, 0.05) is 6.04 Å². The van der Waals surface area contributed by atoms with Crippen LogP contribution >= 0.6 is 0 Å². The number of benzene rings is 1. The first-order valence-electron chi connectivity index (χ1n) is 7.88. The first-order chi connectivity index (χ1) is 11.0. The number of methoxy groups -OCH3 is 2. The van der Waals surface area contributed by atoms with Crippen LogP contribution in [0.1, 0.15) is 43.0 Å². The van der Waals surface area contributed by atoms with Gasteiger partial charge in [0.15, 0.2) is 0 Å². The number of hydrogen-bond donors (Lipinski definition) is 2. The summed E-state index contributed by atoms with van der Waals surface area (Å²) in [6.45, 7) is 1.68. The van der Waals surface area contributed by atoms with E-state index >= 15 is 0 Å². The molecule has 1 fully saturated rings. The Morgan fingerprint density at radius 2 is 1.87 bits per heavy atom. The lowest BCUT2D eigenvalue weighted by atomic mass is 10.1. The smallest absolute Gasteiger partial charge is 0.255 e. The number of hydrogen-bond acceptors (Lipinski definition) is 4. The number of carbonyl (C=O) groups excluding carboxylic acids is 2. The van der Waals surface area contributed by atoms with Crippen molar-refractivity contribution in [3.05, 3.63) is 23.8 Å². The zero-order valence-electron chi connectivity index (χ0n) is 13.8. The van der Waals surface area contributed by atoms with Crippen molar-refractivity contribution in [3.63, 3.8) is 0 Å². The Labute approximate surface area is 136 Å². The van der Waals surface area contributed by atoms with Gasteiger partial charge in [-0.2, -0.15) is 0 Å². The van der Waals surface area contributed by atoms with E-state index in [0.29, 0.717) is 17.1 Å². The molecule has 0 aromatic heterocycles. The van der Waals surface area contributed by atoms with Crippen molar-refractivity contribution < 1.29 is 19.1 Å². The molecular formula is C17H24N2O4. The topological polar surface area (TPSA) is 76.7 Å². The van der Waals surface area contributed by atoms with E-state index in [0.717, 1.165) is 25.7 Å². The van der Waals surface area contributed by atoms with Crippen LogP contribution in [0.3, 0.4) is 0 Å². The van der Waals surface area contributed by atoms with Crippen molar-refractivity contribution in [1.82, 2.24) is 10.6 Å². The van der Waals surface area contributed by atoms with Gasteiger partial charge >= 0.3 is 0 Å². The van der Waals surface area contributed by atoms with Crippen molar-refractivity contribution in [1.29, 1.82) is 0 Å². The van der Waals surface area contributed by atoms with Crippen molar-refractivity contribution in [2.45, 2.75) is 44.7 Å². The molecular weight excluding hydrogens is 296 g/mol. The summed E-state index contributed by atoms with van der Waals surface area (Å²) in [6, 6.07) is 4.59. The third-order valence-corrected chi connectivity index (χ3v) is 4.09. The second-order valence-electron chi connectivity index (χ2n) is 5.75. The molecule has 1 aromatic rings. The van der Waals surface area contributed by atoms with Crippen LogP contribution in [0.2, 0.25) is 0 Å². The molecule has 23 heavy (non-hydrogen) atoms. The maximum absolute atomic E-state index is 12.4. The normalized spacial score (nSPS) is 15.8. The summed E-state index contributed by atoms with van der Waals surface area (Å²) in [4.78, 5) is 24.6. The highest BCUT2D eigenvalue weighted by atomic mass is 16.5. The van der Waals surface area contributed by atoms with Crippen LogP contribution in [0.4, 0.5) is 0 Å². The molecule has 1 aliphatic rings. The van der Waals surface area contributed by atoms with Crippen LogP contribution in [-0.4, -0.2) is 38.1 Å². The predicted octanol–water partition coefficient (Wildman–Crippen LogP) is 1.88. The summed E-state index contributed by atoms with van der Waals surface area (Å²) in [6.07, 6.45) is 4.31. The minimum Gasteiger partial charge on any atom is -0.497 e. The molecule has 1 aliphatic carbocycles. The summed E-state index contributed by atoms with van der Waals surface area (Å²) in [5.74, 6) is 0.465. The minimum atomic E-state index is -0.612. The summed E-state index contributed by atoms with van der Waals surface area (Å²) in [7, 11) is 3.02. The van der Waals surface area contributed by atoms with Gasteiger partial charge in [0.25, 0.3) is 5.91 Å². The number of carbonyl (C=O) groups is 2. The zero-order valence-corrected chi connectivity index (χ0v) is 13.8. The molecule has 1 aromatic carbocycles.